The number of rotatable bonds is 7. The van der Waals surface area contributed by atoms with Crippen LogP contribution in [0.15, 0.2) is 41.8 Å². The van der Waals surface area contributed by atoms with Crippen LogP contribution in [0.1, 0.15) is 46.6 Å². The van der Waals surface area contributed by atoms with Crippen molar-refractivity contribution in [1.29, 1.82) is 0 Å². The number of anilines is 1. The fourth-order valence-corrected chi connectivity index (χ4v) is 3.88. The van der Waals surface area contributed by atoms with Gasteiger partial charge in [0.15, 0.2) is 11.9 Å². The summed E-state index contributed by atoms with van der Waals surface area (Å²) in [6.07, 6.45) is 4.03. The van der Waals surface area contributed by atoms with Crippen LogP contribution in [0.5, 0.6) is 0 Å². The van der Waals surface area contributed by atoms with Crippen LogP contribution in [0.2, 0.25) is 10.0 Å². The fraction of sp³-hybridized carbons (Fsp3) is 0.409. The van der Waals surface area contributed by atoms with E-state index in [9.17, 15) is 14.4 Å². The molecule has 0 radical (unpaired) electrons. The number of ketones is 1. The van der Waals surface area contributed by atoms with Crippen LogP contribution >= 0.6 is 23.2 Å². The highest BCUT2D eigenvalue weighted by Crippen LogP contribution is 2.35. The van der Waals surface area contributed by atoms with Crippen molar-refractivity contribution in [3.63, 3.8) is 0 Å². The summed E-state index contributed by atoms with van der Waals surface area (Å²) in [5, 5.41) is 13.2. The lowest BCUT2D eigenvalue weighted by Gasteiger charge is -2.29. The summed E-state index contributed by atoms with van der Waals surface area (Å²) in [4.78, 5) is 38.4. The van der Waals surface area contributed by atoms with Crippen molar-refractivity contribution in [2.75, 3.05) is 5.01 Å². The van der Waals surface area contributed by atoms with E-state index in [0.29, 0.717) is 23.6 Å². The number of nitrogens with one attached hydrogen (secondary N) is 1. The van der Waals surface area contributed by atoms with Gasteiger partial charge in [-0.25, -0.2) is 0 Å². The van der Waals surface area contributed by atoms with E-state index in [4.69, 9.17) is 23.2 Å². The maximum Gasteiger partial charge on any atom is 0.280 e. The van der Waals surface area contributed by atoms with E-state index in [-0.39, 0.29) is 28.5 Å². The number of Topliss-reactive ketones (excluding diaryl/α,β-unsaturated/α-hetero) is 1. The second-order valence-corrected chi connectivity index (χ2v) is 9.05. The Balaban J connectivity index is 1.97. The number of benzene rings is 1. The molecule has 3 unspecified atom stereocenters. The molecule has 0 bridgehead atoms. The molecule has 0 fully saturated rings. The Bertz CT molecular complexity index is 1070. The number of hydrazone groups is 1. The number of aromatic nitrogens is 2. The number of nitrogens with zero attached hydrogens (tertiary/aromatic N) is 4. The fourth-order valence-electron chi connectivity index (χ4n) is 3.51. The molecule has 2 aromatic rings. The van der Waals surface area contributed by atoms with Gasteiger partial charge in [0, 0.05) is 28.7 Å². The van der Waals surface area contributed by atoms with Crippen molar-refractivity contribution in [1.82, 2.24) is 15.1 Å². The highest BCUT2D eigenvalue weighted by Gasteiger charge is 2.43. The normalized spacial score (nSPS) is 18.8. The number of carbonyl (C=O) groups is 3. The topological polar surface area (TPSA) is 96.7 Å². The molecule has 0 aliphatic carbocycles. The van der Waals surface area contributed by atoms with E-state index in [0.717, 1.165) is 5.01 Å². The van der Waals surface area contributed by atoms with Gasteiger partial charge in [0.1, 0.15) is 5.78 Å². The van der Waals surface area contributed by atoms with Gasteiger partial charge in [0.2, 0.25) is 5.91 Å². The summed E-state index contributed by atoms with van der Waals surface area (Å²) in [7, 11) is 0. The Morgan fingerprint density at radius 2 is 2.03 bits per heavy atom. The molecule has 0 saturated heterocycles. The molecule has 10 heteroatoms. The highest BCUT2D eigenvalue weighted by atomic mass is 35.5. The molecule has 3 rings (SSSR count). The zero-order valence-corrected chi connectivity index (χ0v) is 19.8. The third-order valence-electron chi connectivity index (χ3n) is 5.86. The lowest BCUT2D eigenvalue weighted by atomic mass is 9.77. The van der Waals surface area contributed by atoms with Crippen LogP contribution in [0.25, 0.3) is 0 Å². The van der Waals surface area contributed by atoms with Gasteiger partial charge in [-0.05, 0) is 44.0 Å². The van der Waals surface area contributed by atoms with E-state index in [2.05, 4.69) is 15.5 Å². The zero-order valence-electron chi connectivity index (χ0n) is 18.3. The molecule has 1 aliphatic heterocycles. The molecule has 1 aliphatic rings. The van der Waals surface area contributed by atoms with Gasteiger partial charge in [-0.3, -0.25) is 19.1 Å². The molecule has 1 aromatic carbocycles. The molecule has 3 atom stereocenters. The maximum atomic E-state index is 13.3. The van der Waals surface area contributed by atoms with Gasteiger partial charge < -0.3 is 5.32 Å². The number of carbonyl (C=O) groups excluding carboxylic acids is 3. The van der Waals surface area contributed by atoms with Crippen molar-refractivity contribution in [2.45, 2.75) is 46.6 Å². The van der Waals surface area contributed by atoms with Crippen LogP contribution in [0.3, 0.4) is 0 Å². The van der Waals surface area contributed by atoms with Crippen molar-refractivity contribution < 1.29 is 14.4 Å². The van der Waals surface area contributed by atoms with Gasteiger partial charge in [-0.2, -0.15) is 10.1 Å². The summed E-state index contributed by atoms with van der Waals surface area (Å²) >= 11 is 12.4. The van der Waals surface area contributed by atoms with E-state index in [1.807, 2.05) is 6.92 Å². The Labute approximate surface area is 196 Å². The standard InChI is InChI=1S/C22H25Cl2N5O3/c1-5-22(4,12-13(2)14(3)30)21(32)26-19-18(28-10-6-9-25-28)20(31)29(27-19)17-11-15(23)7-8-16(17)24/h6-11,13,18H,5,12H2,1-4H3,(H,26,27,32). The van der Waals surface area contributed by atoms with E-state index in [1.54, 1.807) is 38.2 Å². The molecule has 1 aromatic heterocycles. The quantitative estimate of drug-likeness (QED) is 0.644. The second-order valence-electron chi connectivity index (χ2n) is 8.20. The average Bonchev–Trinajstić information content (AvgIpc) is 3.37. The predicted octanol–water partition coefficient (Wildman–Crippen LogP) is 4.24. The average molecular weight is 478 g/mol. The maximum absolute atomic E-state index is 13.3. The summed E-state index contributed by atoms with van der Waals surface area (Å²) in [6.45, 7) is 7.00. The van der Waals surface area contributed by atoms with Crippen LogP contribution in [0, 0.1) is 11.3 Å². The Kier molecular flexibility index (Phi) is 7.05. The first-order valence-corrected chi connectivity index (χ1v) is 11.0. The molecular formula is C22H25Cl2N5O3. The minimum absolute atomic E-state index is 0.0158. The molecule has 1 N–H and O–H groups in total. The molecule has 2 heterocycles. The molecular weight excluding hydrogens is 453 g/mol. The molecule has 0 saturated carbocycles. The zero-order chi connectivity index (χ0) is 23.6. The predicted molar refractivity (Wildman–Crippen MR) is 124 cm³/mol. The molecule has 2 amide bonds. The highest BCUT2D eigenvalue weighted by molar-refractivity contribution is 6.36. The SMILES string of the molecule is CCC(C)(CC(C)C(C)=O)C(=O)NC1=NN(c2cc(Cl)ccc2Cl)C(=O)C1n1cccn1. The van der Waals surface area contributed by atoms with Gasteiger partial charge in [-0.15, -0.1) is 5.10 Å². The first-order valence-electron chi connectivity index (χ1n) is 10.3. The Hall–Kier alpha value is -2.71. The van der Waals surface area contributed by atoms with Gasteiger partial charge in [0.25, 0.3) is 5.91 Å². The third kappa shape index (κ3) is 4.71. The van der Waals surface area contributed by atoms with E-state index >= 15 is 0 Å². The summed E-state index contributed by atoms with van der Waals surface area (Å²) in [6, 6.07) is 5.40. The third-order valence-corrected chi connectivity index (χ3v) is 6.41. The van der Waals surface area contributed by atoms with E-state index in [1.165, 1.54) is 23.9 Å². The Morgan fingerprint density at radius 1 is 1.31 bits per heavy atom. The summed E-state index contributed by atoms with van der Waals surface area (Å²) in [5.41, 5.74) is -0.527. The van der Waals surface area contributed by atoms with Crippen LogP contribution in [0.4, 0.5) is 5.69 Å². The van der Waals surface area contributed by atoms with Crippen molar-refractivity contribution in [2.24, 2.45) is 16.4 Å². The number of hydrogen-bond donors (Lipinski definition) is 1. The number of amidine groups is 1. The minimum atomic E-state index is -0.977. The van der Waals surface area contributed by atoms with Crippen LogP contribution in [-0.4, -0.2) is 33.2 Å². The number of halogens is 2. The lowest BCUT2D eigenvalue weighted by molar-refractivity contribution is -0.131. The smallest absolute Gasteiger partial charge is 0.280 e. The summed E-state index contributed by atoms with van der Waals surface area (Å²) in [5.74, 6) is -0.905. The van der Waals surface area contributed by atoms with Crippen LogP contribution < -0.4 is 10.3 Å². The van der Waals surface area contributed by atoms with Gasteiger partial charge in [0.05, 0.1) is 10.7 Å². The Morgan fingerprint density at radius 3 is 2.62 bits per heavy atom. The lowest BCUT2D eigenvalue weighted by Crippen LogP contribution is -2.46. The molecule has 0 spiro atoms. The van der Waals surface area contributed by atoms with E-state index < -0.39 is 17.4 Å². The molecule has 170 valence electrons. The first-order chi connectivity index (χ1) is 15.1. The molecule has 32 heavy (non-hydrogen) atoms. The van der Waals surface area contributed by atoms with Crippen molar-refractivity contribution >= 4 is 52.3 Å². The summed E-state index contributed by atoms with van der Waals surface area (Å²) < 4.78 is 1.42. The minimum Gasteiger partial charge on any atom is -0.310 e. The number of amides is 2. The molecule has 8 nitrogen and oxygen atoms in total. The van der Waals surface area contributed by atoms with Crippen molar-refractivity contribution in [3.8, 4) is 0 Å². The van der Waals surface area contributed by atoms with Gasteiger partial charge in [-0.1, -0.05) is 44.0 Å². The second kappa shape index (κ2) is 9.42. The van der Waals surface area contributed by atoms with Crippen molar-refractivity contribution in [3.05, 3.63) is 46.7 Å². The largest absolute Gasteiger partial charge is 0.310 e. The monoisotopic (exact) mass is 477 g/mol. The van der Waals surface area contributed by atoms with Gasteiger partial charge >= 0.3 is 0 Å². The number of hydrogen-bond acceptors (Lipinski definition) is 5. The van der Waals surface area contributed by atoms with Crippen LogP contribution in [-0.2, 0) is 14.4 Å². The first kappa shape index (κ1) is 23.9.